The summed E-state index contributed by atoms with van der Waals surface area (Å²) in [4.78, 5) is 12.5. The number of carbonyl (C=O) groups excluding carboxylic acids is 1. The van der Waals surface area contributed by atoms with Gasteiger partial charge in [0.25, 0.3) is 0 Å². The van der Waals surface area contributed by atoms with E-state index in [-0.39, 0.29) is 5.78 Å². The molecule has 124 valence electrons. The van der Waals surface area contributed by atoms with Gasteiger partial charge in [-0.05, 0) is 29.8 Å². The van der Waals surface area contributed by atoms with Crippen molar-refractivity contribution in [1.82, 2.24) is 4.57 Å². The van der Waals surface area contributed by atoms with E-state index in [1.54, 1.807) is 24.3 Å². The van der Waals surface area contributed by atoms with Crippen molar-refractivity contribution in [3.05, 3.63) is 89.4 Å². The minimum absolute atomic E-state index is 0.106. The highest BCUT2D eigenvalue weighted by molar-refractivity contribution is 6.14. The molecule has 0 atom stereocenters. The van der Waals surface area contributed by atoms with E-state index in [1.165, 1.54) is 0 Å². The quantitative estimate of drug-likeness (QED) is 0.672. The van der Waals surface area contributed by atoms with Crippen LogP contribution in [-0.4, -0.2) is 10.4 Å². The Morgan fingerprint density at radius 2 is 1.92 bits per heavy atom. The number of hydrogen-bond acceptors (Lipinski definition) is 3. The normalized spacial score (nSPS) is 14.4. The summed E-state index contributed by atoms with van der Waals surface area (Å²) in [5.74, 6) is 1.44. The van der Waals surface area contributed by atoms with Gasteiger partial charge in [-0.25, -0.2) is 0 Å². The first kappa shape index (κ1) is 15.3. The fourth-order valence-electron chi connectivity index (χ4n) is 2.76. The number of carbonyl (C=O) groups is 1. The minimum Gasteiger partial charge on any atom is -0.489 e. The fraction of sp³-hybridized carbons (Fsp3) is 0.0952. The van der Waals surface area contributed by atoms with Crippen molar-refractivity contribution in [3.8, 4) is 11.5 Å². The molecule has 0 radical (unpaired) electrons. The Labute approximate surface area is 145 Å². The minimum atomic E-state index is -0.106. The summed E-state index contributed by atoms with van der Waals surface area (Å²) in [5.41, 5.74) is 2.56. The van der Waals surface area contributed by atoms with Gasteiger partial charge in [0, 0.05) is 31.1 Å². The second kappa shape index (κ2) is 6.32. The Kier molecular flexibility index (Phi) is 3.86. The van der Waals surface area contributed by atoms with Crippen LogP contribution in [0.2, 0.25) is 0 Å². The van der Waals surface area contributed by atoms with Crippen LogP contribution < -0.4 is 9.47 Å². The van der Waals surface area contributed by atoms with E-state index in [2.05, 4.69) is 0 Å². The molecule has 0 bridgehead atoms. The maximum absolute atomic E-state index is 12.5. The van der Waals surface area contributed by atoms with E-state index in [9.17, 15) is 4.79 Å². The summed E-state index contributed by atoms with van der Waals surface area (Å²) >= 11 is 0. The van der Waals surface area contributed by atoms with Gasteiger partial charge in [0.15, 0.2) is 5.76 Å². The van der Waals surface area contributed by atoms with Crippen LogP contribution in [0.1, 0.15) is 21.6 Å². The molecule has 0 N–H and O–H groups in total. The number of aryl methyl sites for hydroxylation is 1. The summed E-state index contributed by atoms with van der Waals surface area (Å²) in [5, 5.41) is 0. The molecule has 0 fully saturated rings. The van der Waals surface area contributed by atoms with E-state index in [1.807, 2.05) is 60.3 Å². The number of aromatic nitrogens is 1. The zero-order chi connectivity index (χ0) is 17.2. The summed E-state index contributed by atoms with van der Waals surface area (Å²) < 4.78 is 13.5. The fourth-order valence-corrected chi connectivity index (χ4v) is 2.76. The van der Waals surface area contributed by atoms with Crippen LogP contribution in [0.4, 0.5) is 0 Å². The zero-order valence-corrected chi connectivity index (χ0v) is 13.8. The van der Waals surface area contributed by atoms with Gasteiger partial charge < -0.3 is 14.0 Å². The molecule has 0 saturated carbocycles. The Balaban J connectivity index is 1.53. The molecular weight excluding hydrogens is 314 g/mol. The molecule has 0 aliphatic carbocycles. The summed E-state index contributed by atoms with van der Waals surface area (Å²) in [7, 11) is 1.93. The Bertz CT molecular complexity index is 954. The molecule has 1 aliphatic heterocycles. The van der Waals surface area contributed by atoms with Crippen molar-refractivity contribution in [2.45, 2.75) is 6.61 Å². The average molecular weight is 331 g/mol. The highest BCUT2D eigenvalue weighted by Crippen LogP contribution is 2.35. The maximum Gasteiger partial charge on any atom is 0.232 e. The van der Waals surface area contributed by atoms with Gasteiger partial charge in [-0.15, -0.1) is 0 Å². The first-order valence-electron chi connectivity index (χ1n) is 8.07. The van der Waals surface area contributed by atoms with Crippen molar-refractivity contribution in [1.29, 1.82) is 0 Å². The molecule has 1 aliphatic rings. The van der Waals surface area contributed by atoms with Crippen molar-refractivity contribution in [3.63, 3.8) is 0 Å². The predicted molar refractivity (Wildman–Crippen MR) is 95.6 cm³/mol. The molecule has 0 unspecified atom stereocenters. The molecule has 3 aromatic rings. The van der Waals surface area contributed by atoms with Crippen LogP contribution in [-0.2, 0) is 13.7 Å². The SMILES string of the molecule is Cn1cccc1C=C1Oc2cc(OCc3ccccc3)ccc2C1=O. The zero-order valence-electron chi connectivity index (χ0n) is 13.8. The third-order valence-electron chi connectivity index (χ3n) is 4.15. The smallest absolute Gasteiger partial charge is 0.232 e. The summed E-state index contributed by atoms with van der Waals surface area (Å²) in [6, 6.07) is 19.1. The van der Waals surface area contributed by atoms with Gasteiger partial charge in [-0.1, -0.05) is 30.3 Å². The largest absolute Gasteiger partial charge is 0.489 e. The summed E-state index contributed by atoms with van der Waals surface area (Å²) in [6.07, 6.45) is 3.68. The van der Waals surface area contributed by atoms with Crippen LogP contribution in [0.25, 0.3) is 6.08 Å². The number of Topliss-reactive ketones (excluding diaryl/α,β-unsaturated/α-hetero) is 1. The number of fused-ring (bicyclic) bond motifs is 1. The lowest BCUT2D eigenvalue weighted by Crippen LogP contribution is -1.99. The lowest BCUT2D eigenvalue weighted by Gasteiger charge is -2.07. The van der Waals surface area contributed by atoms with Crippen molar-refractivity contribution in [2.75, 3.05) is 0 Å². The van der Waals surface area contributed by atoms with Gasteiger partial charge in [-0.2, -0.15) is 0 Å². The van der Waals surface area contributed by atoms with Gasteiger partial charge in [-0.3, -0.25) is 4.79 Å². The molecule has 2 aromatic carbocycles. The number of rotatable bonds is 4. The van der Waals surface area contributed by atoms with Crippen LogP contribution in [0.3, 0.4) is 0 Å². The number of ether oxygens (including phenoxy) is 2. The first-order valence-corrected chi connectivity index (χ1v) is 8.07. The number of allylic oxidation sites excluding steroid dienone is 1. The molecule has 0 spiro atoms. The van der Waals surface area contributed by atoms with Crippen LogP contribution >= 0.6 is 0 Å². The Morgan fingerprint density at radius 3 is 2.68 bits per heavy atom. The third-order valence-corrected chi connectivity index (χ3v) is 4.15. The second-order valence-corrected chi connectivity index (χ2v) is 5.92. The highest BCUT2D eigenvalue weighted by Gasteiger charge is 2.27. The van der Waals surface area contributed by atoms with Crippen LogP contribution in [0.15, 0.2) is 72.6 Å². The molecule has 25 heavy (non-hydrogen) atoms. The van der Waals surface area contributed by atoms with Gasteiger partial charge in [0.05, 0.1) is 5.56 Å². The monoisotopic (exact) mass is 331 g/mol. The van der Waals surface area contributed by atoms with E-state index in [4.69, 9.17) is 9.47 Å². The lowest BCUT2D eigenvalue weighted by atomic mass is 10.1. The predicted octanol–water partition coefficient (Wildman–Crippen LogP) is 4.22. The topological polar surface area (TPSA) is 40.5 Å². The van der Waals surface area contributed by atoms with Gasteiger partial charge >= 0.3 is 0 Å². The van der Waals surface area contributed by atoms with E-state index in [0.717, 1.165) is 11.3 Å². The molecule has 4 heteroatoms. The molecular formula is C21H17NO3. The molecule has 2 heterocycles. The third kappa shape index (κ3) is 3.06. The molecule has 0 saturated heterocycles. The number of nitrogens with zero attached hydrogens (tertiary/aromatic N) is 1. The molecule has 1 aromatic heterocycles. The van der Waals surface area contributed by atoms with E-state index in [0.29, 0.717) is 29.4 Å². The van der Waals surface area contributed by atoms with Crippen molar-refractivity contribution in [2.24, 2.45) is 7.05 Å². The van der Waals surface area contributed by atoms with Gasteiger partial charge in [0.2, 0.25) is 5.78 Å². The van der Waals surface area contributed by atoms with E-state index >= 15 is 0 Å². The number of benzene rings is 2. The number of ketones is 1. The second-order valence-electron chi connectivity index (χ2n) is 5.92. The Morgan fingerprint density at radius 1 is 1.08 bits per heavy atom. The standard InChI is InChI=1S/C21H17NO3/c1-22-11-5-8-16(22)12-20-21(23)18-10-9-17(13-19(18)25-20)24-14-15-6-3-2-4-7-15/h2-13H,14H2,1H3. The van der Waals surface area contributed by atoms with Crippen LogP contribution in [0, 0.1) is 0 Å². The van der Waals surface area contributed by atoms with E-state index < -0.39 is 0 Å². The van der Waals surface area contributed by atoms with Crippen LogP contribution in [0.5, 0.6) is 11.5 Å². The van der Waals surface area contributed by atoms with Crippen molar-refractivity contribution >= 4 is 11.9 Å². The highest BCUT2D eigenvalue weighted by atomic mass is 16.5. The van der Waals surface area contributed by atoms with Crippen molar-refractivity contribution < 1.29 is 14.3 Å². The Hall–Kier alpha value is -3.27. The molecule has 0 amide bonds. The summed E-state index contributed by atoms with van der Waals surface area (Å²) in [6.45, 7) is 0.472. The average Bonchev–Trinajstić information content (AvgIpc) is 3.18. The molecule has 4 rings (SSSR count). The molecule has 4 nitrogen and oxygen atoms in total. The maximum atomic E-state index is 12.5. The van der Waals surface area contributed by atoms with Gasteiger partial charge in [0.1, 0.15) is 18.1 Å². The number of hydrogen-bond donors (Lipinski definition) is 0. The first-order chi connectivity index (χ1) is 12.2. The lowest BCUT2D eigenvalue weighted by molar-refractivity contribution is 0.101.